The number of carbonyl (C=O) groups is 2. The zero-order valence-corrected chi connectivity index (χ0v) is 36.3. The Hall–Kier alpha value is -1.82. The van der Waals surface area contributed by atoms with E-state index in [1.165, 1.54) is 122 Å². The molecule has 1 aliphatic heterocycles. The largest absolute Gasteiger partial charge is 0.462 e. The number of rotatable bonds is 39. The van der Waals surface area contributed by atoms with Crippen LogP contribution in [0.4, 0.5) is 0 Å². The van der Waals surface area contributed by atoms with Gasteiger partial charge in [0.1, 0.15) is 31.0 Å². The number of aliphatic hydroxyl groups excluding tert-OH is 4. The minimum absolute atomic E-state index is 0.223. The molecule has 1 aliphatic rings. The van der Waals surface area contributed by atoms with E-state index in [0.29, 0.717) is 12.8 Å². The molecule has 0 aliphatic carbocycles. The van der Waals surface area contributed by atoms with Crippen LogP contribution in [0.15, 0.2) is 24.3 Å². The first-order valence-corrected chi connectivity index (χ1v) is 23.4. The maximum absolute atomic E-state index is 12.8. The third kappa shape index (κ3) is 30.0. The Bertz CT molecular complexity index is 985. The minimum atomic E-state index is -1.60. The van der Waals surface area contributed by atoms with Crippen LogP contribution in [0.1, 0.15) is 206 Å². The van der Waals surface area contributed by atoms with Crippen molar-refractivity contribution in [1.82, 2.24) is 0 Å². The smallest absolute Gasteiger partial charge is 0.306 e. The lowest BCUT2D eigenvalue weighted by atomic mass is 9.99. The quantitative estimate of drug-likeness (QED) is 0.0268. The van der Waals surface area contributed by atoms with E-state index in [2.05, 4.69) is 38.2 Å². The molecule has 0 aromatic carbocycles. The van der Waals surface area contributed by atoms with Gasteiger partial charge in [0, 0.05) is 12.8 Å². The predicted molar refractivity (Wildman–Crippen MR) is 229 cm³/mol. The van der Waals surface area contributed by atoms with Crippen molar-refractivity contribution in [2.75, 3.05) is 19.8 Å². The third-order valence-electron chi connectivity index (χ3n) is 10.8. The molecule has 2 unspecified atom stereocenters. The fourth-order valence-electron chi connectivity index (χ4n) is 7.06. The predicted octanol–water partition coefficient (Wildman–Crippen LogP) is 10.1. The topological polar surface area (TPSA) is 152 Å². The van der Waals surface area contributed by atoms with E-state index in [0.717, 1.165) is 44.9 Å². The average Bonchev–Trinajstić information content (AvgIpc) is 3.21. The molecular formula is C47H86O10. The Morgan fingerprint density at radius 2 is 0.930 bits per heavy atom. The maximum Gasteiger partial charge on any atom is 0.306 e. The Labute approximate surface area is 347 Å². The first-order valence-electron chi connectivity index (χ1n) is 23.4. The number of ether oxygens (including phenoxy) is 4. The van der Waals surface area contributed by atoms with Crippen LogP contribution in [0.3, 0.4) is 0 Å². The molecule has 1 rings (SSSR count). The fourth-order valence-corrected chi connectivity index (χ4v) is 7.06. The highest BCUT2D eigenvalue weighted by molar-refractivity contribution is 5.70. The van der Waals surface area contributed by atoms with Gasteiger partial charge in [-0.1, -0.05) is 154 Å². The molecule has 0 spiro atoms. The van der Waals surface area contributed by atoms with Crippen molar-refractivity contribution in [3.63, 3.8) is 0 Å². The summed E-state index contributed by atoms with van der Waals surface area (Å²) < 4.78 is 22.2. The Morgan fingerprint density at radius 3 is 1.40 bits per heavy atom. The summed E-state index contributed by atoms with van der Waals surface area (Å²) in [5, 5.41) is 40.1. The lowest BCUT2D eigenvalue weighted by molar-refractivity contribution is -0.305. The number of hydrogen-bond acceptors (Lipinski definition) is 10. The first kappa shape index (κ1) is 53.2. The van der Waals surface area contributed by atoms with Gasteiger partial charge in [0.15, 0.2) is 12.4 Å². The van der Waals surface area contributed by atoms with E-state index in [1.54, 1.807) is 0 Å². The number of unbranched alkanes of at least 4 members (excludes halogenated alkanes) is 24. The molecule has 1 saturated heterocycles. The van der Waals surface area contributed by atoms with Crippen LogP contribution >= 0.6 is 0 Å². The van der Waals surface area contributed by atoms with Gasteiger partial charge in [-0.2, -0.15) is 0 Å². The minimum Gasteiger partial charge on any atom is -0.462 e. The van der Waals surface area contributed by atoms with Crippen LogP contribution in [-0.4, -0.2) is 89.0 Å². The molecule has 10 heteroatoms. The van der Waals surface area contributed by atoms with Gasteiger partial charge in [-0.25, -0.2) is 0 Å². The molecule has 10 nitrogen and oxygen atoms in total. The van der Waals surface area contributed by atoms with Gasteiger partial charge < -0.3 is 39.4 Å². The van der Waals surface area contributed by atoms with Crippen LogP contribution in [0.25, 0.3) is 0 Å². The molecule has 334 valence electrons. The molecular weight excluding hydrogens is 725 g/mol. The van der Waals surface area contributed by atoms with Crippen LogP contribution in [0.2, 0.25) is 0 Å². The Kier molecular flexibility index (Phi) is 35.8. The molecule has 0 saturated carbocycles. The SMILES string of the molecule is CCCCCCCC/C=C/CCCCCCCCCC(=O)O[C@H](COC(=O)CCCC/C=C/CCCCCCCCCCC)CO[C@@H]1O[C@H](CO)[C@H](O)C(O)C1O. The highest BCUT2D eigenvalue weighted by Crippen LogP contribution is 2.23. The van der Waals surface area contributed by atoms with Crippen LogP contribution in [0, 0.1) is 0 Å². The summed E-state index contributed by atoms with van der Waals surface area (Å²) in [7, 11) is 0. The van der Waals surface area contributed by atoms with E-state index < -0.39 is 55.4 Å². The van der Waals surface area contributed by atoms with Gasteiger partial charge in [0.2, 0.25) is 0 Å². The number of carbonyl (C=O) groups excluding carboxylic acids is 2. The number of hydrogen-bond donors (Lipinski definition) is 4. The van der Waals surface area contributed by atoms with Gasteiger partial charge >= 0.3 is 11.9 Å². The van der Waals surface area contributed by atoms with Crippen molar-refractivity contribution >= 4 is 11.9 Å². The van der Waals surface area contributed by atoms with Gasteiger partial charge in [0.05, 0.1) is 13.2 Å². The van der Waals surface area contributed by atoms with Crippen molar-refractivity contribution < 1.29 is 49.0 Å². The van der Waals surface area contributed by atoms with E-state index in [9.17, 15) is 30.0 Å². The molecule has 0 aromatic heterocycles. The van der Waals surface area contributed by atoms with E-state index in [4.69, 9.17) is 18.9 Å². The molecule has 0 amide bonds. The second-order valence-electron chi connectivity index (χ2n) is 16.2. The van der Waals surface area contributed by atoms with Gasteiger partial charge in [-0.15, -0.1) is 0 Å². The maximum atomic E-state index is 12.8. The van der Waals surface area contributed by atoms with Crippen molar-refractivity contribution in [1.29, 1.82) is 0 Å². The van der Waals surface area contributed by atoms with Crippen LogP contribution in [-0.2, 0) is 28.5 Å². The van der Waals surface area contributed by atoms with E-state index >= 15 is 0 Å². The second kappa shape index (κ2) is 38.4. The molecule has 4 N–H and O–H groups in total. The van der Waals surface area contributed by atoms with Crippen molar-refractivity contribution in [3.05, 3.63) is 24.3 Å². The highest BCUT2D eigenvalue weighted by atomic mass is 16.7. The lowest BCUT2D eigenvalue weighted by Gasteiger charge is -2.39. The standard InChI is InChI=1S/C47H86O10/c1-3-5-7-9-11-13-15-17-19-20-22-24-26-28-30-32-34-36-43(50)56-40(39-55-47-46(53)45(52)44(51)41(37-48)57-47)38-54-42(49)35-33-31-29-27-25-23-21-18-16-14-12-10-8-6-4-2/h17,19,25,27,40-41,44-48,51-53H,3-16,18,20-24,26,28-39H2,1-2H3/b19-17+,27-25+/t40-,41-,44+,45?,46?,47-/m1/s1. The van der Waals surface area contributed by atoms with Crippen molar-refractivity contribution in [3.8, 4) is 0 Å². The van der Waals surface area contributed by atoms with Gasteiger partial charge in [-0.05, 0) is 64.2 Å². The number of allylic oxidation sites excluding steroid dienone is 4. The fraction of sp³-hybridized carbons (Fsp3) is 0.872. The third-order valence-corrected chi connectivity index (χ3v) is 10.8. The van der Waals surface area contributed by atoms with E-state index in [-0.39, 0.29) is 26.1 Å². The Morgan fingerprint density at radius 1 is 0.526 bits per heavy atom. The number of aliphatic hydroxyl groups is 4. The normalized spacial score (nSPS) is 20.4. The molecule has 57 heavy (non-hydrogen) atoms. The van der Waals surface area contributed by atoms with Gasteiger partial charge in [-0.3, -0.25) is 9.59 Å². The summed E-state index contributed by atoms with van der Waals surface area (Å²) >= 11 is 0. The zero-order valence-electron chi connectivity index (χ0n) is 36.3. The van der Waals surface area contributed by atoms with Crippen molar-refractivity contribution in [2.24, 2.45) is 0 Å². The van der Waals surface area contributed by atoms with Crippen molar-refractivity contribution in [2.45, 2.75) is 243 Å². The zero-order chi connectivity index (χ0) is 41.6. The van der Waals surface area contributed by atoms with Crippen LogP contribution < -0.4 is 0 Å². The molecule has 1 heterocycles. The van der Waals surface area contributed by atoms with Crippen LogP contribution in [0.5, 0.6) is 0 Å². The molecule has 0 bridgehead atoms. The summed E-state index contributed by atoms with van der Waals surface area (Å²) in [6.45, 7) is 3.41. The number of esters is 2. The summed E-state index contributed by atoms with van der Waals surface area (Å²) in [6.07, 6.45) is 34.7. The molecule has 0 aromatic rings. The van der Waals surface area contributed by atoms with E-state index in [1.807, 2.05) is 0 Å². The molecule has 0 radical (unpaired) electrons. The summed E-state index contributed by atoms with van der Waals surface area (Å²) in [5.41, 5.74) is 0. The average molecular weight is 811 g/mol. The summed E-state index contributed by atoms with van der Waals surface area (Å²) in [6, 6.07) is 0. The molecule has 1 fully saturated rings. The second-order valence-corrected chi connectivity index (χ2v) is 16.2. The van der Waals surface area contributed by atoms with Gasteiger partial charge in [0.25, 0.3) is 0 Å². The molecule has 6 atom stereocenters. The highest BCUT2D eigenvalue weighted by Gasteiger charge is 2.44. The summed E-state index contributed by atoms with van der Waals surface area (Å²) in [5.74, 6) is -0.831. The Balaban J connectivity index is 2.32. The first-order chi connectivity index (χ1) is 27.8. The lowest BCUT2D eigenvalue weighted by Crippen LogP contribution is -2.59. The monoisotopic (exact) mass is 811 g/mol. The summed E-state index contributed by atoms with van der Waals surface area (Å²) in [4.78, 5) is 25.3.